The van der Waals surface area contributed by atoms with Gasteiger partial charge in [0.2, 0.25) is 0 Å². The quantitative estimate of drug-likeness (QED) is 0.859. The van der Waals surface area contributed by atoms with E-state index in [2.05, 4.69) is 5.32 Å². The van der Waals surface area contributed by atoms with Crippen molar-refractivity contribution in [3.63, 3.8) is 0 Å². The zero-order chi connectivity index (χ0) is 16.3. The zero-order valence-corrected chi connectivity index (χ0v) is 13.9. The van der Waals surface area contributed by atoms with Gasteiger partial charge in [0.15, 0.2) is 0 Å². The van der Waals surface area contributed by atoms with Crippen LogP contribution in [0.25, 0.3) is 0 Å². The second-order valence-electron chi connectivity index (χ2n) is 5.81. The van der Waals surface area contributed by atoms with Crippen LogP contribution in [-0.4, -0.2) is 45.5 Å². The molecular weight excluding hydrogens is 290 g/mol. The van der Waals surface area contributed by atoms with Crippen molar-refractivity contribution in [3.8, 4) is 0 Å². The first-order chi connectivity index (χ1) is 9.54. The van der Waals surface area contributed by atoms with E-state index >= 15 is 0 Å². The fourth-order valence-corrected chi connectivity index (χ4v) is 2.32. The summed E-state index contributed by atoms with van der Waals surface area (Å²) in [7, 11) is -0.0569. The van der Waals surface area contributed by atoms with Crippen LogP contribution in [0.2, 0.25) is 0 Å². The molecule has 0 aliphatic heterocycles. The number of carbonyl (C=O) groups is 1. The molecule has 7 heteroatoms. The number of hydrogen-bond donors (Lipinski definition) is 2. The Morgan fingerprint density at radius 3 is 2.19 bits per heavy atom. The Labute approximate surface area is 126 Å². The average molecular weight is 313 g/mol. The van der Waals surface area contributed by atoms with Crippen LogP contribution in [0.3, 0.4) is 0 Å². The van der Waals surface area contributed by atoms with Gasteiger partial charge in [-0.1, -0.05) is 17.7 Å². The number of benzene rings is 1. The van der Waals surface area contributed by atoms with Gasteiger partial charge in [0.05, 0.1) is 4.90 Å². The van der Waals surface area contributed by atoms with E-state index < -0.39 is 16.1 Å². The molecule has 0 aromatic heterocycles. The number of nitrogens with zero attached hydrogens (tertiary/aromatic N) is 1. The number of sulfonamides is 1. The number of nitrogens with one attached hydrogen (secondary N) is 2. The molecule has 0 radical (unpaired) electrons. The molecule has 118 valence electrons. The summed E-state index contributed by atoms with van der Waals surface area (Å²) in [6.45, 7) is 6.08. The van der Waals surface area contributed by atoms with Crippen molar-refractivity contribution >= 4 is 16.1 Å². The number of amides is 2. The molecule has 0 fully saturated rings. The smallest absolute Gasteiger partial charge is 0.328 e. The molecule has 2 N–H and O–H groups in total. The van der Waals surface area contributed by atoms with E-state index in [0.717, 1.165) is 5.56 Å². The van der Waals surface area contributed by atoms with Crippen LogP contribution in [0.4, 0.5) is 4.79 Å². The SMILES string of the molecule is Cc1ccc(S(=O)(=O)NC(=O)NCC(C)(C)N(C)C)cc1. The molecule has 0 saturated carbocycles. The summed E-state index contributed by atoms with van der Waals surface area (Å²) >= 11 is 0. The maximum absolute atomic E-state index is 12.0. The summed E-state index contributed by atoms with van der Waals surface area (Å²) in [4.78, 5) is 13.8. The summed E-state index contributed by atoms with van der Waals surface area (Å²) in [6, 6.07) is 5.57. The molecule has 21 heavy (non-hydrogen) atoms. The van der Waals surface area contributed by atoms with E-state index in [1.54, 1.807) is 12.1 Å². The normalized spacial score (nSPS) is 12.3. The van der Waals surface area contributed by atoms with Gasteiger partial charge in [-0.25, -0.2) is 17.9 Å². The number of carbonyl (C=O) groups excluding carboxylic acids is 1. The lowest BCUT2D eigenvalue weighted by molar-refractivity contribution is 0.188. The number of aryl methyl sites for hydroxylation is 1. The third-order valence-electron chi connectivity index (χ3n) is 3.45. The number of hydrogen-bond acceptors (Lipinski definition) is 4. The molecule has 2 amide bonds. The first-order valence-electron chi connectivity index (χ1n) is 6.59. The number of urea groups is 1. The molecule has 0 spiro atoms. The Morgan fingerprint density at radius 2 is 1.71 bits per heavy atom. The van der Waals surface area contributed by atoms with Gasteiger partial charge >= 0.3 is 6.03 Å². The molecule has 0 unspecified atom stereocenters. The predicted octanol–water partition coefficient (Wildman–Crippen LogP) is 1.32. The number of rotatable bonds is 5. The second-order valence-corrected chi connectivity index (χ2v) is 7.49. The third kappa shape index (κ3) is 5.02. The van der Waals surface area contributed by atoms with E-state index in [-0.39, 0.29) is 10.4 Å². The van der Waals surface area contributed by atoms with Crippen LogP contribution < -0.4 is 10.0 Å². The lowest BCUT2D eigenvalue weighted by Gasteiger charge is -2.32. The van der Waals surface area contributed by atoms with Gasteiger partial charge in [-0.05, 0) is 47.0 Å². The summed E-state index contributed by atoms with van der Waals surface area (Å²) in [5, 5.41) is 2.57. The highest BCUT2D eigenvalue weighted by Crippen LogP contribution is 2.10. The molecule has 1 aromatic rings. The monoisotopic (exact) mass is 313 g/mol. The van der Waals surface area contributed by atoms with Gasteiger partial charge in [0, 0.05) is 12.1 Å². The summed E-state index contributed by atoms with van der Waals surface area (Å²) < 4.78 is 26.1. The molecule has 0 heterocycles. The molecule has 6 nitrogen and oxygen atoms in total. The fraction of sp³-hybridized carbons (Fsp3) is 0.500. The molecule has 0 atom stereocenters. The molecule has 0 aliphatic rings. The van der Waals surface area contributed by atoms with E-state index in [1.807, 2.05) is 44.5 Å². The maximum Gasteiger partial charge on any atom is 0.328 e. The average Bonchev–Trinajstić information content (AvgIpc) is 2.36. The first-order valence-corrected chi connectivity index (χ1v) is 8.08. The van der Waals surface area contributed by atoms with Crippen LogP contribution >= 0.6 is 0 Å². The largest absolute Gasteiger partial charge is 0.335 e. The van der Waals surface area contributed by atoms with Gasteiger partial charge in [0.25, 0.3) is 10.0 Å². The van der Waals surface area contributed by atoms with Gasteiger partial charge in [0.1, 0.15) is 0 Å². The van der Waals surface area contributed by atoms with Crippen molar-refractivity contribution in [2.45, 2.75) is 31.2 Å². The lowest BCUT2D eigenvalue weighted by Crippen LogP contribution is -2.51. The van der Waals surface area contributed by atoms with Gasteiger partial charge in [-0.15, -0.1) is 0 Å². The highest BCUT2D eigenvalue weighted by molar-refractivity contribution is 7.90. The van der Waals surface area contributed by atoms with E-state index in [1.165, 1.54) is 12.1 Å². The molecular formula is C14H23N3O3S. The van der Waals surface area contributed by atoms with Crippen LogP contribution in [-0.2, 0) is 10.0 Å². The van der Waals surface area contributed by atoms with Gasteiger partial charge < -0.3 is 10.2 Å². The van der Waals surface area contributed by atoms with Crippen molar-refractivity contribution in [2.75, 3.05) is 20.6 Å². The Bertz CT molecular complexity index is 592. The van der Waals surface area contributed by atoms with Crippen molar-refractivity contribution in [1.82, 2.24) is 14.9 Å². The minimum absolute atomic E-state index is 0.0649. The van der Waals surface area contributed by atoms with E-state index in [4.69, 9.17) is 0 Å². The highest BCUT2D eigenvalue weighted by atomic mass is 32.2. The van der Waals surface area contributed by atoms with Crippen LogP contribution in [0.5, 0.6) is 0 Å². The summed E-state index contributed by atoms with van der Waals surface area (Å²) in [5.74, 6) is 0. The third-order valence-corrected chi connectivity index (χ3v) is 4.80. The molecule has 0 aliphatic carbocycles. The zero-order valence-electron chi connectivity index (χ0n) is 13.1. The summed E-state index contributed by atoms with van der Waals surface area (Å²) in [5.41, 5.74) is 0.677. The van der Waals surface area contributed by atoms with Crippen molar-refractivity contribution in [2.24, 2.45) is 0 Å². The predicted molar refractivity (Wildman–Crippen MR) is 82.7 cm³/mol. The Balaban J connectivity index is 2.68. The van der Waals surface area contributed by atoms with Gasteiger partial charge in [-0.3, -0.25) is 0 Å². The number of likely N-dealkylation sites (N-methyl/N-ethyl adjacent to an activating group) is 1. The lowest BCUT2D eigenvalue weighted by atomic mass is 10.1. The minimum Gasteiger partial charge on any atom is -0.335 e. The van der Waals surface area contributed by atoms with Crippen LogP contribution in [0.15, 0.2) is 29.2 Å². The second kappa shape index (κ2) is 6.44. The van der Waals surface area contributed by atoms with Crippen molar-refractivity contribution in [3.05, 3.63) is 29.8 Å². The topological polar surface area (TPSA) is 78.5 Å². The Kier molecular flexibility index (Phi) is 5.36. The molecule has 1 aromatic carbocycles. The molecule has 0 saturated heterocycles. The Morgan fingerprint density at radius 1 is 1.19 bits per heavy atom. The van der Waals surface area contributed by atoms with Gasteiger partial charge in [-0.2, -0.15) is 0 Å². The van der Waals surface area contributed by atoms with E-state index in [9.17, 15) is 13.2 Å². The van der Waals surface area contributed by atoms with E-state index in [0.29, 0.717) is 6.54 Å². The van der Waals surface area contributed by atoms with Crippen molar-refractivity contribution < 1.29 is 13.2 Å². The molecule has 1 rings (SSSR count). The fourth-order valence-electron chi connectivity index (χ4n) is 1.39. The van der Waals surface area contributed by atoms with Crippen molar-refractivity contribution in [1.29, 1.82) is 0 Å². The minimum atomic E-state index is -3.84. The first kappa shape index (κ1) is 17.5. The van der Waals surface area contributed by atoms with Crippen LogP contribution in [0.1, 0.15) is 19.4 Å². The molecule has 0 bridgehead atoms. The van der Waals surface area contributed by atoms with Crippen LogP contribution in [0, 0.1) is 6.92 Å². The Hall–Kier alpha value is -1.60. The maximum atomic E-state index is 12.0. The summed E-state index contributed by atoms with van der Waals surface area (Å²) in [6.07, 6.45) is 0. The highest BCUT2D eigenvalue weighted by Gasteiger charge is 2.23. The standard InChI is InChI=1S/C14H23N3O3S/c1-11-6-8-12(9-7-11)21(19,20)16-13(18)15-10-14(2,3)17(4)5/h6-9H,10H2,1-5H3,(H2,15,16,18).